The molecule has 4 aliphatic rings. The highest BCUT2D eigenvalue weighted by atomic mass is 19.3. The summed E-state index contributed by atoms with van der Waals surface area (Å²) in [7, 11) is 0. The first-order chi connectivity index (χ1) is 16.2. The molecule has 9 heteroatoms. The summed E-state index contributed by atoms with van der Waals surface area (Å²) in [5, 5.41) is 13.6. The lowest BCUT2D eigenvalue weighted by molar-refractivity contribution is -0.148. The quantitative estimate of drug-likeness (QED) is 0.613. The number of carbonyl (C=O) groups is 2. The van der Waals surface area contributed by atoms with Gasteiger partial charge in [-0.1, -0.05) is 24.3 Å². The molecule has 0 aromatic heterocycles. The molecule has 34 heavy (non-hydrogen) atoms. The highest BCUT2D eigenvalue weighted by molar-refractivity contribution is 5.90. The molecule has 2 aliphatic carbocycles. The Labute approximate surface area is 198 Å². The fourth-order valence-electron chi connectivity index (χ4n) is 6.30. The highest BCUT2D eigenvalue weighted by Crippen LogP contribution is 2.38. The summed E-state index contributed by atoms with van der Waals surface area (Å²) in [6.45, 7) is 1.72. The third kappa shape index (κ3) is 4.45. The van der Waals surface area contributed by atoms with Crippen LogP contribution in [0.5, 0.6) is 0 Å². The van der Waals surface area contributed by atoms with E-state index in [0.717, 1.165) is 30.5 Å². The first-order valence-electron chi connectivity index (χ1n) is 12.5. The number of carbonyl (C=O) groups excluding carboxylic acids is 2. The molecule has 1 saturated carbocycles. The van der Waals surface area contributed by atoms with Gasteiger partial charge in [0.2, 0.25) is 17.7 Å². The molecule has 2 aliphatic heterocycles. The topological polar surface area (TPSA) is 98.9 Å². The number of piperazine rings is 1. The van der Waals surface area contributed by atoms with E-state index in [-0.39, 0.29) is 49.5 Å². The van der Waals surface area contributed by atoms with E-state index in [1.54, 1.807) is 4.90 Å². The van der Waals surface area contributed by atoms with Gasteiger partial charge >= 0.3 is 0 Å². The van der Waals surface area contributed by atoms with Crippen molar-refractivity contribution in [1.82, 2.24) is 15.1 Å². The average molecular weight is 477 g/mol. The number of amides is 2. The molecule has 3 fully saturated rings. The van der Waals surface area contributed by atoms with Crippen LogP contribution in [0.3, 0.4) is 0 Å². The van der Waals surface area contributed by atoms with Crippen LogP contribution in [0, 0.1) is 5.92 Å². The second kappa shape index (κ2) is 9.17. The zero-order valence-electron chi connectivity index (χ0n) is 19.3. The van der Waals surface area contributed by atoms with Crippen molar-refractivity contribution in [1.29, 1.82) is 0 Å². The zero-order valence-corrected chi connectivity index (χ0v) is 19.3. The van der Waals surface area contributed by atoms with Gasteiger partial charge in [0.25, 0.3) is 0 Å². The Bertz CT molecular complexity index is 934. The van der Waals surface area contributed by atoms with Crippen LogP contribution in [0.4, 0.5) is 8.78 Å². The average Bonchev–Trinajstić information content (AvgIpc) is 3.40. The van der Waals surface area contributed by atoms with Gasteiger partial charge in [-0.05, 0) is 49.3 Å². The smallest absolute Gasteiger partial charge is 0.248 e. The van der Waals surface area contributed by atoms with E-state index in [2.05, 4.69) is 10.2 Å². The maximum absolute atomic E-state index is 13.6. The van der Waals surface area contributed by atoms with E-state index >= 15 is 0 Å². The number of aliphatic hydroxyl groups is 1. The summed E-state index contributed by atoms with van der Waals surface area (Å²) in [5.74, 6) is -3.62. The molecular formula is C25H34F2N4O3. The predicted molar refractivity (Wildman–Crippen MR) is 122 cm³/mol. The lowest BCUT2D eigenvalue weighted by Crippen LogP contribution is -2.65. The first-order valence-corrected chi connectivity index (χ1v) is 12.5. The Morgan fingerprint density at radius 1 is 1.15 bits per heavy atom. The summed E-state index contributed by atoms with van der Waals surface area (Å²) < 4.78 is 27.3. The number of nitrogens with zero attached hydrogens (tertiary/aromatic N) is 2. The second-order valence-corrected chi connectivity index (χ2v) is 10.5. The minimum absolute atomic E-state index is 0.189. The molecule has 0 bridgehead atoms. The lowest BCUT2D eigenvalue weighted by atomic mass is 9.81. The van der Waals surface area contributed by atoms with E-state index in [1.165, 1.54) is 0 Å². The third-order valence-corrected chi connectivity index (χ3v) is 8.33. The van der Waals surface area contributed by atoms with Gasteiger partial charge in [0.15, 0.2) is 0 Å². The number of benzene rings is 1. The van der Waals surface area contributed by atoms with Crippen LogP contribution in [-0.4, -0.2) is 76.5 Å². The molecule has 2 saturated heterocycles. The Hall–Kier alpha value is -2.10. The first kappa shape index (κ1) is 23.6. The van der Waals surface area contributed by atoms with Crippen molar-refractivity contribution in [3.05, 3.63) is 35.4 Å². The Morgan fingerprint density at radius 2 is 1.88 bits per heavy atom. The molecule has 0 spiro atoms. The van der Waals surface area contributed by atoms with Crippen molar-refractivity contribution in [3.8, 4) is 0 Å². The number of alkyl halides is 2. The summed E-state index contributed by atoms with van der Waals surface area (Å²) in [5.41, 5.74) is 8.24. The number of nitrogens with two attached hydrogens (primary N) is 1. The second-order valence-electron chi connectivity index (χ2n) is 10.5. The van der Waals surface area contributed by atoms with Crippen LogP contribution in [0.2, 0.25) is 0 Å². The van der Waals surface area contributed by atoms with Gasteiger partial charge < -0.3 is 21.1 Å². The van der Waals surface area contributed by atoms with Gasteiger partial charge in [0.05, 0.1) is 18.2 Å². The lowest BCUT2D eigenvalue weighted by Gasteiger charge is -2.45. The van der Waals surface area contributed by atoms with E-state index in [0.29, 0.717) is 19.5 Å². The maximum Gasteiger partial charge on any atom is 0.248 e. The van der Waals surface area contributed by atoms with Crippen molar-refractivity contribution < 1.29 is 23.5 Å². The van der Waals surface area contributed by atoms with Crippen LogP contribution in [0.25, 0.3) is 0 Å². The summed E-state index contributed by atoms with van der Waals surface area (Å²) in [4.78, 5) is 30.9. The molecule has 2 amide bonds. The van der Waals surface area contributed by atoms with Gasteiger partial charge in [0.1, 0.15) is 6.04 Å². The molecule has 2 heterocycles. The molecule has 4 N–H and O–H groups in total. The van der Waals surface area contributed by atoms with Crippen LogP contribution < -0.4 is 11.1 Å². The van der Waals surface area contributed by atoms with Crippen molar-refractivity contribution in [2.75, 3.05) is 19.6 Å². The monoisotopic (exact) mass is 476 g/mol. The number of hydrogen-bond donors (Lipinski definition) is 3. The summed E-state index contributed by atoms with van der Waals surface area (Å²) >= 11 is 0. The van der Waals surface area contributed by atoms with Crippen LogP contribution in [0.1, 0.15) is 55.7 Å². The van der Waals surface area contributed by atoms with Gasteiger partial charge in [-0.2, -0.15) is 0 Å². The summed E-state index contributed by atoms with van der Waals surface area (Å²) in [6, 6.07) is 5.70. The van der Waals surface area contributed by atoms with Crippen molar-refractivity contribution in [2.45, 2.75) is 81.1 Å². The Morgan fingerprint density at radius 3 is 2.65 bits per heavy atom. The Balaban J connectivity index is 1.33. The van der Waals surface area contributed by atoms with Gasteiger partial charge in [-0.3, -0.25) is 14.5 Å². The van der Waals surface area contributed by atoms with E-state index < -0.39 is 30.2 Å². The van der Waals surface area contributed by atoms with Gasteiger partial charge in [-0.25, -0.2) is 8.78 Å². The number of fused-ring (bicyclic) bond motifs is 2. The van der Waals surface area contributed by atoms with E-state index in [1.807, 2.05) is 24.3 Å². The molecule has 186 valence electrons. The molecule has 5 rings (SSSR count). The number of aliphatic hydroxyl groups excluding tert-OH is 1. The van der Waals surface area contributed by atoms with Crippen molar-refractivity contribution >= 4 is 11.8 Å². The normalized spacial score (nSPS) is 32.2. The molecule has 1 aromatic carbocycles. The highest BCUT2D eigenvalue weighted by Gasteiger charge is 2.46. The van der Waals surface area contributed by atoms with Crippen LogP contribution >= 0.6 is 0 Å². The number of halogens is 2. The van der Waals surface area contributed by atoms with Crippen molar-refractivity contribution in [3.63, 3.8) is 0 Å². The largest absolute Gasteiger partial charge is 0.390 e. The SMILES string of the molecule is N[C@H](C(=O)N1C[C@H]2CCCN2C[C@H]1C(=O)N[C@H]1c2ccccc2C[C@@H]1O)C1CCC(F)(F)CC1. The van der Waals surface area contributed by atoms with Crippen LogP contribution in [0.15, 0.2) is 24.3 Å². The standard InChI is InChI=1S/C25H34F2N4O3/c26-25(27)9-7-15(8-10-25)21(28)24(34)31-13-17-5-3-11-30(17)14-19(31)23(33)29-22-18-6-2-1-4-16(18)12-20(22)32/h1-2,4,6,15,17,19-22,32H,3,5,7-14,28H2,(H,29,33)/t17-,19+,20+,21+,22+/m1/s1. The van der Waals surface area contributed by atoms with E-state index in [4.69, 9.17) is 5.73 Å². The Kier molecular flexibility index (Phi) is 6.37. The maximum atomic E-state index is 13.6. The summed E-state index contributed by atoms with van der Waals surface area (Å²) in [6.07, 6.45) is 1.64. The number of nitrogens with one attached hydrogen (secondary N) is 1. The fraction of sp³-hybridized carbons (Fsp3) is 0.680. The molecule has 5 atom stereocenters. The van der Waals surface area contributed by atoms with Gasteiger partial charge in [0, 0.05) is 38.4 Å². The zero-order chi connectivity index (χ0) is 24.0. The predicted octanol–water partition coefficient (Wildman–Crippen LogP) is 1.59. The van der Waals surface area contributed by atoms with Crippen molar-refractivity contribution in [2.24, 2.45) is 11.7 Å². The third-order valence-electron chi connectivity index (χ3n) is 8.33. The van der Waals surface area contributed by atoms with E-state index in [9.17, 15) is 23.5 Å². The fourth-order valence-corrected chi connectivity index (χ4v) is 6.30. The minimum atomic E-state index is -2.68. The molecule has 0 unspecified atom stereocenters. The molecule has 0 radical (unpaired) electrons. The molecule has 7 nitrogen and oxygen atoms in total. The minimum Gasteiger partial charge on any atom is -0.390 e. The molecule has 1 aromatic rings. The van der Waals surface area contributed by atoms with Crippen LogP contribution in [-0.2, 0) is 16.0 Å². The van der Waals surface area contributed by atoms with Gasteiger partial charge in [-0.15, -0.1) is 0 Å². The molecular weight excluding hydrogens is 442 g/mol. The number of hydrogen-bond acceptors (Lipinski definition) is 5. The number of rotatable bonds is 4.